The Balaban J connectivity index is 1.91. The lowest BCUT2D eigenvalue weighted by molar-refractivity contribution is -0.125. The summed E-state index contributed by atoms with van der Waals surface area (Å²) in [5, 5.41) is 5.73. The number of hydrogen-bond donors (Lipinski definition) is 2. The van der Waals surface area contributed by atoms with Crippen LogP contribution in [0.3, 0.4) is 0 Å². The molecule has 1 fully saturated rings. The standard InChI is InChI=1S/C14H17BrN2O2/c1-9-10(3-2-4-12(9)15)7-14(19)17-11-5-6-13(18)16-8-11/h2-4,11H,5-8H2,1H3,(H,16,18)(H,17,19). The van der Waals surface area contributed by atoms with Gasteiger partial charge in [-0.15, -0.1) is 0 Å². The SMILES string of the molecule is Cc1c(Br)cccc1CC(=O)NC1CCC(=O)NC1. The van der Waals surface area contributed by atoms with Crippen LogP contribution in [0.5, 0.6) is 0 Å². The fraction of sp³-hybridized carbons (Fsp3) is 0.429. The van der Waals surface area contributed by atoms with Crippen molar-refractivity contribution in [2.45, 2.75) is 32.2 Å². The molecule has 5 heteroatoms. The summed E-state index contributed by atoms with van der Waals surface area (Å²) in [6, 6.07) is 5.91. The molecule has 1 atom stereocenters. The summed E-state index contributed by atoms with van der Waals surface area (Å²) < 4.78 is 1.02. The summed E-state index contributed by atoms with van der Waals surface area (Å²) in [7, 11) is 0. The van der Waals surface area contributed by atoms with Crippen LogP contribution in [0.1, 0.15) is 24.0 Å². The van der Waals surface area contributed by atoms with Gasteiger partial charge in [-0.3, -0.25) is 9.59 Å². The van der Waals surface area contributed by atoms with Crippen molar-refractivity contribution in [2.24, 2.45) is 0 Å². The van der Waals surface area contributed by atoms with Crippen LogP contribution in [0.15, 0.2) is 22.7 Å². The lowest BCUT2D eigenvalue weighted by Gasteiger charge is -2.23. The van der Waals surface area contributed by atoms with Gasteiger partial charge in [-0.05, 0) is 30.5 Å². The summed E-state index contributed by atoms with van der Waals surface area (Å²) >= 11 is 3.46. The third-order valence-corrected chi connectivity index (χ3v) is 4.22. The van der Waals surface area contributed by atoms with E-state index in [-0.39, 0.29) is 17.9 Å². The molecule has 1 unspecified atom stereocenters. The predicted octanol–water partition coefficient (Wildman–Crippen LogP) is 1.69. The molecule has 0 aromatic heterocycles. The molecule has 0 spiro atoms. The van der Waals surface area contributed by atoms with Gasteiger partial charge in [0.25, 0.3) is 0 Å². The molecule has 2 N–H and O–H groups in total. The van der Waals surface area contributed by atoms with Gasteiger partial charge in [0.15, 0.2) is 0 Å². The molecule has 2 amide bonds. The zero-order chi connectivity index (χ0) is 13.8. The Morgan fingerprint density at radius 3 is 3.00 bits per heavy atom. The molecule has 0 aliphatic carbocycles. The normalized spacial score (nSPS) is 18.8. The summed E-state index contributed by atoms with van der Waals surface area (Å²) in [6.45, 7) is 2.52. The van der Waals surface area contributed by atoms with Crippen molar-refractivity contribution < 1.29 is 9.59 Å². The first-order chi connectivity index (χ1) is 9.06. The van der Waals surface area contributed by atoms with E-state index in [1.165, 1.54) is 0 Å². The Labute approximate surface area is 121 Å². The topological polar surface area (TPSA) is 58.2 Å². The maximum absolute atomic E-state index is 12.0. The fourth-order valence-electron chi connectivity index (χ4n) is 2.15. The van der Waals surface area contributed by atoms with Crippen molar-refractivity contribution in [1.82, 2.24) is 10.6 Å². The highest BCUT2D eigenvalue weighted by Gasteiger charge is 2.19. The largest absolute Gasteiger partial charge is 0.354 e. The average Bonchev–Trinajstić information content (AvgIpc) is 2.38. The number of carbonyl (C=O) groups is 2. The third-order valence-electron chi connectivity index (χ3n) is 3.36. The molecule has 1 aliphatic heterocycles. The molecule has 1 aromatic rings. The van der Waals surface area contributed by atoms with E-state index in [9.17, 15) is 9.59 Å². The summed E-state index contributed by atoms with van der Waals surface area (Å²) in [6.07, 6.45) is 1.58. The highest BCUT2D eigenvalue weighted by Crippen LogP contribution is 2.19. The molecule has 102 valence electrons. The van der Waals surface area contributed by atoms with Crippen LogP contribution in [0.2, 0.25) is 0 Å². The molecule has 0 bridgehead atoms. The Morgan fingerprint density at radius 2 is 2.32 bits per heavy atom. The highest BCUT2D eigenvalue weighted by atomic mass is 79.9. The smallest absolute Gasteiger partial charge is 0.224 e. The second-order valence-corrected chi connectivity index (χ2v) is 5.66. The molecule has 0 radical (unpaired) electrons. The maximum atomic E-state index is 12.0. The van der Waals surface area contributed by atoms with Crippen LogP contribution in [0.4, 0.5) is 0 Å². The lowest BCUT2D eigenvalue weighted by Crippen LogP contribution is -2.48. The van der Waals surface area contributed by atoms with E-state index in [0.717, 1.165) is 22.0 Å². The van der Waals surface area contributed by atoms with Gasteiger partial charge >= 0.3 is 0 Å². The monoisotopic (exact) mass is 324 g/mol. The highest BCUT2D eigenvalue weighted by molar-refractivity contribution is 9.10. The van der Waals surface area contributed by atoms with Crippen molar-refractivity contribution in [2.75, 3.05) is 6.54 Å². The second-order valence-electron chi connectivity index (χ2n) is 4.81. The molecule has 2 rings (SSSR count). The van der Waals surface area contributed by atoms with Gasteiger partial charge in [-0.1, -0.05) is 28.1 Å². The molecule has 1 heterocycles. The van der Waals surface area contributed by atoms with E-state index in [2.05, 4.69) is 26.6 Å². The van der Waals surface area contributed by atoms with Gasteiger partial charge in [0.2, 0.25) is 11.8 Å². The predicted molar refractivity (Wildman–Crippen MR) is 76.8 cm³/mol. The Bertz CT molecular complexity index is 492. The van der Waals surface area contributed by atoms with Gasteiger partial charge in [-0.25, -0.2) is 0 Å². The van der Waals surface area contributed by atoms with Gasteiger partial charge in [-0.2, -0.15) is 0 Å². The third kappa shape index (κ3) is 3.80. The Hall–Kier alpha value is -1.36. The van der Waals surface area contributed by atoms with Crippen molar-refractivity contribution in [3.63, 3.8) is 0 Å². The number of piperidine rings is 1. The van der Waals surface area contributed by atoms with Crippen molar-refractivity contribution in [1.29, 1.82) is 0 Å². The zero-order valence-corrected chi connectivity index (χ0v) is 12.4. The number of rotatable bonds is 3. The maximum Gasteiger partial charge on any atom is 0.224 e. The first-order valence-corrected chi connectivity index (χ1v) is 7.15. The number of benzene rings is 1. The van der Waals surface area contributed by atoms with Crippen LogP contribution in [-0.2, 0) is 16.0 Å². The Kier molecular flexibility index (Phi) is 4.58. The Morgan fingerprint density at radius 1 is 1.53 bits per heavy atom. The molecule has 4 nitrogen and oxygen atoms in total. The van der Waals surface area contributed by atoms with Crippen molar-refractivity contribution >= 4 is 27.7 Å². The van der Waals surface area contributed by atoms with Crippen LogP contribution in [0.25, 0.3) is 0 Å². The van der Waals surface area contributed by atoms with Gasteiger partial charge in [0.05, 0.1) is 6.42 Å². The number of hydrogen-bond acceptors (Lipinski definition) is 2. The van der Waals surface area contributed by atoms with E-state index < -0.39 is 0 Å². The van der Waals surface area contributed by atoms with E-state index in [4.69, 9.17) is 0 Å². The molecule has 1 saturated heterocycles. The number of halogens is 1. The molecule has 1 aromatic carbocycles. The van der Waals surface area contributed by atoms with Gasteiger partial charge in [0.1, 0.15) is 0 Å². The van der Waals surface area contributed by atoms with E-state index in [0.29, 0.717) is 19.4 Å². The quantitative estimate of drug-likeness (QED) is 0.889. The zero-order valence-electron chi connectivity index (χ0n) is 10.8. The van der Waals surface area contributed by atoms with Crippen molar-refractivity contribution in [3.05, 3.63) is 33.8 Å². The van der Waals surface area contributed by atoms with Gasteiger partial charge < -0.3 is 10.6 Å². The minimum absolute atomic E-state index is 0.00217. The number of carbonyl (C=O) groups excluding carboxylic acids is 2. The number of amides is 2. The van der Waals surface area contributed by atoms with Crippen LogP contribution >= 0.6 is 15.9 Å². The van der Waals surface area contributed by atoms with Crippen LogP contribution in [-0.4, -0.2) is 24.4 Å². The molecular formula is C14H17BrN2O2. The van der Waals surface area contributed by atoms with Crippen LogP contribution < -0.4 is 10.6 Å². The molecular weight excluding hydrogens is 308 g/mol. The first-order valence-electron chi connectivity index (χ1n) is 6.36. The van der Waals surface area contributed by atoms with Crippen molar-refractivity contribution in [3.8, 4) is 0 Å². The minimum Gasteiger partial charge on any atom is -0.354 e. The second kappa shape index (κ2) is 6.19. The van der Waals surface area contributed by atoms with E-state index in [1.807, 2.05) is 25.1 Å². The van der Waals surface area contributed by atoms with E-state index in [1.54, 1.807) is 0 Å². The minimum atomic E-state index is 0.00217. The summed E-state index contributed by atoms with van der Waals surface area (Å²) in [5.74, 6) is 0.0654. The fourth-order valence-corrected chi connectivity index (χ4v) is 2.56. The van der Waals surface area contributed by atoms with Gasteiger partial charge in [0, 0.05) is 23.5 Å². The van der Waals surface area contributed by atoms with Crippen LogP contribution in [0, 0.1) is 6.92 Å². The summed E-state index contributed by atoms with van der Waals surface area (Å²) in [4.78, 5) is 23.0. The lowest BCUT2D eigenvalue weighted by atomic mass is 10.0. The summed E-state index contributed by atoms with van der Waals surface area (Å²) in [5.41, 5.74) is 2.11. The average molecular weight is 325 g/mol. The molecule has 1 aliphatic rings. The molecule has 19 heavy (non-hydrogen) atoms. The van der Waals surface area contributed by atoms with E-state index >= 15 is 0 Å². The molecule has 0 saturated carbocycles. The first kappa shape index (κ1) is 14.1. The number of nitrogens with one attached hydrogen (secondary N) is 2.